The van der Waals surface area contributed by atoms with Gasteiger partial charge in [0.1, 0.15) is 12.4 Å². The van der Waals surface area contributed by atoms with E-state index in [1.807, 2.05) is 65.6 Å². The average molecular weight is 452 g/mol. The maximum atomic E-state index is 12.3. The van der Waals surface area contributed by atoms with Crippen molar-refractivity contribution >= 4 is 11.9 Å². The summed E-state index contributed by atoms with van der Waals surface area (Å²) >= 11 is 0. The normalized spacial score (nSPS) is 16.9. The number of ether oxygens (including phenoxy) is 1. The van der Waals surface area contributed by atoms with Gasteiger partial charge in [0.15, 0.2) is 0 Å². The fraction of sp³-hybridized carbons (Fsp3) is 0.407. The van der Waals surface area contributed by atoms with Crippen molar-refractivity contribution in [3.8, 4) is 5.75 Å². The van der Waals surface area contributed by atoms with E-state index in [-0.39, 0.29) is 18.4 Å². The van der Waals surface area contributed by atoms with Crippen LogP contribution in [0.5, 0.6) is 5.75 Å². The number of unbranched alkanes of at least 4 members (excludes halogenated alkanes) is 3. The highest BCUT2D eigenvalue weighted by Gasteiger charge is 2.28. The van der Waals surface area contributed by atoms with Crippen molar-refractivity contribution in [1.82, 2.24) is 4.90 Å². The van der Waals surface area contributed by atoms with E-state index in [0.717, 1.165) is 36.8 Å². The fourth-order valence-corrected chi connectivity index (χ4v) is 4.03. The van der Waals surface area contributed by atoms with Crippen LogP contribution in [0.25, 0.3) is 0 Å². The first kappa shape index (κ1) is 24.5. The van der Waals surface area contributed by atoms with Gasteiger partial charge in [-0.15, -0.1) is 0 Å². The molecule has 0 aliphatic carbocycles. The summed E-state index contributed by atoms with van der Waals surface area (Å²) in [5.74, 6) is 0.0760. The highest BCUT2D eigenvalue weighted by Crippen LogP contribution is 2.25. The van der Waals surface area contributed by atoms with E-state index in [0.29, 0.717) is 31.7 Å². The van der Waals surface area contributed by atoms with E-state index in [9.17, 15) is 14.7 Å². The summed E-state index contributed by atoms with van der Waals surface area (Å²) in [6, 6.07) is 17.3. The second-order valence-electron chi connectivity index (χ2n) is 8.43. The largest absolute Gasteiger partial charge is 0.489 e. The number of likely N-dealkylation sites (tertiary alicyclic amines) is 1. The summed E-state index contributed by atoms with van der Waals surface area (Å²) in [6.07, 6.45) is 7.67. The highest BCUT2D eigenvalue weighted by atomic mass is 16.5. The maximum Gasteiger partial charge on any atom is 0.303 e. The SMILES string of the molecule is O=C(O)CCCCCCN1C(=O)CCC1C=CC(O)c1cccc(OCc2ccccc2)c1. The Bertz CT molecular complexity index is 927. The number of carboxylic acids is 1. The van der Waals surface area contributed by atoms with Gasteiger partial charge in [0.2, 0.25) is 5.91 Å². The van der Waals surface area contributed by atoms with Crippen molar-refractivity contribution in [3.63, 3.8) is 0 Å². The summed E-state index contributed by atoms with van der Waals surface area (Å²) in [4.78, 5) is 24.7. The molecule has 6 heteroatoms. The van der Waals surface area contributed by atoms with Crippen LogP contribution >= 0.6 is 0 Å². The van der Waals surface area contributed by atoms with Gasteiger partial charge in [0.05, 0.1) is 12.1 Å². The number of carboxylic acid groups (broad SMARTS) is 1. The summed E-state index contributed by atoms with van der Waals surface area (Å²) in [6.45, 7) is 1.13. The number of aliphatic hydroxyl groups excluding tert-OH is 1. The second-order valence-corrected chi connectivity index (χ2v) is 8.43. The molecule has 2 aromatic carbocycles. The number of aliphatic hydroxyl groups is 1. The first-order chi connectivity index (χ1) is 16.0. The molecule has 1 fully saturated rings. The molecule has 2 atom stereocenters. The predicted molar refractivity (Wildman–Crippen MR) is 127 cm³/mol. The maximum absolute atomic E-state index is 12.3. The summed E-state index contributed by atoms with van der Waals surface area (Å²) < 4.78 is 5.86. The van der Waals surface area contributed by atoms with E-state index in [2.05, 4.69) is 0 Å². The average Bonchev–Trinajstić information content (AvgIpc) is 3.18. The zero-order chi connectivity index (χ0) is 23.5. The van der Waals surface area contributed by atoms with Gasteiger partial charge in [0, 0.05) is 19.4 Å². The molecule has 0 aromatic heterocycles. The van der Waals surface area contributed by atoms with Crippen molar-refractivity contribution < 1.29 is 24.5 Å². The molecule has 176 valence electrons. The molecule has 0 saturated carbocycles. The lowest BCUT2D eigenvalue weighted by Gasteiger charge is -2.22. The molecule has 1 heterocycles. The van der Waals surface area contributed by atoms with Gasteiger partial charge >= 0.3 is 5.97 Å². The lowest BCUT2D eigenvalue weighted by molar-refractivity contribution is -0.137. The molecule has 1 amide bonds. The van der Waals surface area contributed by atoms with Crippen LogP contribution in [0, 0.1) is 0 Å². The molecule has 0 bridgehead atoms. The minimum Gasteiger partial charge on any atom is -0.489 e. The molecule has 3 rings (SSSR count). The van der Waals surface area contributed by atoms with E-state index < -0.39 is 12.1 Å². The minimum absolute atomic E-state index is 0.0105. The molecule has 1 aliphatic heterocycles. The van der Waals surface area contributed by atoms with Crippen LogP contribution < -0.4 is 4.74 Å². The number of aliphatic carboxylic acids is 1. The molecular formula is C27H33NO5. The second kappa shape index (κ2) is 12.8. The standard InChI is InChI=1S/C27H33NO5/c29-25(22-11-8-12-24(19-22)33-20-21-9-4-3-5-10-21)16-14-23-15-17-26(30)28(23)18-7-2-1-6-13-27(31)32/h3-5,8-12,14,16,19,23,25,29H,1-2,6-7,13,15,17-18,20H2,(H,31,32). The number of hydrogen-bond acceptors (Lipinski definition) is 4. The molecule has 33 heavy (non-hydrogen) atoms. The monoisotopic (exact) mass is 451 g/mol. The summed E-state index contributed by atoms with van der Waals surface area (Å²) in [7, 11) is 0. The molecule has 2 aromatic rings. The third-order valence-corrected chi connectivity index (χ3v) is 5.88. The predicted octanol–water partition coefficient (Wildman–Crippen LogP) is 4.88. The Morgan fingerprint density at radius 2 is 1.88 bits per heavy atom. The van der Waals surface area contributed by atoms with E-state index in [4.69, 9.17) is 9.84 Å². The van der Waals surface area contributed by atoms with Gasteiger partial charge in [0.25, 0.3) is 0 Å². The zero-order valence-corrected chi connectivity index (χ0v) is 18.9. The number of rotatable bonds is 13. The van der Waals surface area contributed by atoms with Crippen LogP contribution in [-0.2, 0) is 16.2 Å². The van der Waals surface area contributed by atoms with Crippen LogP contribution in [0.3, 0.4) is 0 Å². The van der Waals surface area contributed by atoms with Crippen molar-refractivity contribution in [3.05, 3.63) is 77.9 Å². The number of hydrogen-bond donors (Lipinski definition) is 2. The Kier molecular flexibility index (Phi) is 9.51. The lowest BCUT2D eigenvalue weighted by Crippen LogP contribution is -2.32. The van der Waals surface area contributed by atoms with Crippen LogP contribution in [0.4, 0.5) is 0 Å². The van der Waals surface area contributed by atoms with Crippen molar-refractivity contribution in [2.45, 2.75) is 63.7 Å². The van der Waals surface area contributed by atoms with Crippen molar-refractivity contribution in [1.29, 1.82) is 0 Å². The molecule has 6 nitrogen and oxygen atoms in total. The Hall–Kier alpha value is -3.12. The van der Waals surface area contributed by atoms with E-state index in [1.54, 1.807) is 6.08 Å². The number of nitrogens with zero attached hydrogens (tertiary/aromatic N) is 1. The van der Waals surface area contributed by atoms with Crippen LogP contribution in [0.2, 0.25) is 0 Å². The van der Waals surface area contributed by atoms with Gasteiger partial charge < -0.3 is 19.8 Å². The summed E-state index contributed by atoms with van der Waals surface area (Å²) in [5.41, 5.74) is 1.82. The fourth-order valence-electron chi connectivity index (χ4n) is 4.03. The quantitative estimate of drug-likeness (QED) is 0.335. The molecule has 0 radical (unpaired) electrons. The Morgan fingerprint density at radius 3 is 2.67 bits per heavy atom. The Balaban J connectivity index is 1.49. The van der Waals surface area contributed by atoms with Gasteiger partial charge in [-0.05, 0) is 42.5 Å². The lowest BCUT2D eigenvalue weighted by atomic mass is 10.1. The van der Waals surface area contributed by atoms with Crippen LogP contribution in [0.15, 0.2) is 66.7 Å². The minimum atomic E-state index is -0.779. The van der Waals surface area contributed by atoms with Gasteiger partial charge in [-0.25, -0.2) is 0 Å². The van der Waals surface area contributed by atoms with Gasteiger partial charge in [-0.3, -0.25) is 9.59 Å². The molecule has 2 N–H and O–H groups in total. The number of carbonyl (C=O) groups is 2. The van der Waals surface area contributed by atoms with Gasteiger partial charge in [-0.2, -0.15) is 0 Å². The number of amides is 1. The van der Waals surface area contributed by atoms with E-state index >= 15 is 0 Å². The molecule has 0 spiro atoms. The third-order valence-electron chi connectivity index (χ3n) is 5.88. The highest BCUT2D eigenvalue weighted by molar-refractivity contribution is 5.79. The number of benzene rings is 2. The van der Waals surface area contributed by atoms with Crippen LogP contribution in [-0.4, -0.2) is 39.6 Å². The molecular weight excluding hydrogens is 418 g/mol. The van der Waals surface area contributed by atoms with Gasteiger partial charge in [-0.1, -0.05) is 67.5 Å². The smallest absolute Gasteiger partial charge is 0.303 e. The topological polar surface area (TPSA) is 87.1 Å². The molecule has 1 aliphatic rings. The third kappa shape index (κ3) is 8.06. The first-order valence-electron chi connectivity index (χ1n) is 11.7. The zero-order valence-electron chi connectivity index (χ0n) is 18.9. The Labute approximate surface area is 195 Å². The molecule has 2 unspecified atom stereocenters. The van der Waals surface area contributed by atoms with E-state index in [1.165, 1.54) is 0 Å². The van der Waals surface area contributed by atoms with Crippen LogP contribution in [0.1, 0.15) is 62.2 Å². The first-order valence-corrected chi connectivity index (χ1v) is 11.7. The Morgan fingerprint density at radius 1 is 1.09 bits per heavy atom. The molecule has 1 saturated heterocycles. The number of carbonyl (C=O) groups excluding carboxylic acids is 1. The van der Waals surface area contributed by atoms with Crippen molar-refractivity contribution in [2.24, 2.45) is 0 Å². The summed E-state index contributed by atoms with van der Waals surface area (Å²) in [5, 5.41) is 19.4. The van der Waals surface area contributed by atoms with Crippen molar-refractivity contribution in [2.75, 3.05) is 6.54 Å².